The molecule has 0 aliphatic rings. The Morgan fingerprint density at radius 1 is 1.06 bits per heavy atom. The van der Waals surface area contributed by atoms with Crippen LogP contribution in [0.1, 0.15) is 21.5 Å². The van der Waals surface area contributed by atoms with Crippen LogP contribution in [-0.2, 0) is 6.42 Å². The number of carbonyl (C=O) groups excluding carboxylic acids is 1. The van der Waals surface area contributed by atoms with Gasteiger partial charge in [0.25, 0.3) is 0 Å². The topological polar surface area (TPSA) is 17.1 Å². The van der Waals surface area contributed by atoms with Crippen LogP contribution in [-0.4, -0.2) is 5.78 Å². The predicted molar refractivity (Wildman–Crippen MR) is 81.1 cm³/mol. The van der Waals surface area contributed by atoms with Gasteiger partial charge in [-0.1, -0.05) is 50.1 Å². The van der Waals surface area contributed by atoms with E-state index in [0.29, 0.717) is 6.42 Å². The van der Waals surface area contributed by atoms with E-state index in [1.807, 2.05) is 49.4 Å². The van der Waals surface area contributed by atoms with Gasteiger partial charge in [0.05, 0.1) is 0 Å². The van der Waals surface area contributed by atoms with Crippen LogP contribution in [0, 0.1) is 6.92 Å². The smallest absolute Gasteiger partial charge is 0.167 e. The first kappa shape index (κ1) is 13.5. The summed E-state index contributed by atoms with van der Waals surface area (Å²) in [6, 6.07) is 13.6. The first-order valence-corrected chi connectivity index (χ1v) is 7.18. The van der Waals surface area contributed by atoms with Crippen LogP contribution in [0.4, 0.5) is 0 Å². The maximum Gasteiger partial charge on any atom is 0.167 e. The number of ketones is 1. The molecule has 2 aromatic rings. The van der Waals surface area contributed by atoms with Gasteiger partial charge in [0.1, 0.15) is 0 Å². The van der Waals surface area contributed by atoms with Gasteiger partial charge in [-0.05, 0) is 42.3 Å². The van der Waals surface area contributed by atoms with Crippen LogP contribution >= 0.6 is 31.9 Å². The molecule has 0 saturated carbocycles. The highest BCUT2D eigenvalue weighted by Crippen LogP contribution is 2.19. The van der Waals surface area contributed by atoms with E-state index in [1.165, 1.54) is 0 Å². The molecule has 0 unspecified atom stereocenters. The van der Waals surface area contributed by atoms with E-state index in [-0.39, 0.29) is 5.78 Å². The monoisotopic (exact) mass is 366 g/mol. The van der Waals surface area contributed by atoms with Crippen molar-refractivity contribution in [1.82, 2.24) is 0 Å². The lowest BCUT2D eigenvalue weighted by atomic mass is 9.99. The Morgan fingerprint density at radius 3 is 2.44 bits per heavy atom. The lowest BCUT2D eigenvalue weighted by molar-refractivity contribution is 0.0992. The Morgan fingerprint density at radius 2 is 1.78 bits per heavy atom. The fraction of sp³-hybridized carbons (Fsp3) is 0.133. The Labute approximate surface area is 123 Å². The second-order valence-corrected chi connectivity index (χ2v) is 6.02. The van der Waals surface area contributed by atoms with Gasteiger partial charge in [0.2, 0.25) is 0 Å². The molecule has 2 rings (SSSR count). The maximum absolute atomic E-state index is 12.2. The molecule has 0 N–H and O–H groups in total. The summed E-state index contributed by atoms with van der Waals surface area (Å²) in [4.78, 5) is 12.2. The molecule has 2 aromatic carbocycles. The van der Waals surface area contributed by atoms with Gasteiger partial charge < -0.3 is 0 Å². The van der Waals surface area contributed by atoms with Crippen LogP contribution in [0.25, 0.3) is 0 Å². The molecule has 0 fully saturated rings. The molecule has 3 heteroatoms. The summed E-state index contributed by atoms with van der Waals surface area (Å²) in [6.45, 7) is 1.96. The first-order chi connectivity index (χ1) is 8.56. The number of Topliss-reactive ketones (excluding diaryl/α,β-unsaturated/α-hetero) is 1. The van der Waals surface area contributed by atoms with E-state index in [4.69, 9.17) is 0 Å². The fourth-order valence-electron chi connectivity index (χ4n) is 1.87. The van der Waals surface area contributed by atoms with Crippen molar-refractivity contribution in [3.63, 3.8) is 0 Å². The molecule has 0 aliphatic carbocycles. The lowest BCUT2D eigenvalue weighted by Crippen LogP contribution is -2.05. The molecule has 0 radical (unpaired) electrons. The summed E-state index contributed by atoms with van der Waals surface area (Å²) < 4.78 is 2.00. The molecule has 0 saturated heterocycles. The highest BCUT2D eigenvalue weighted by atomic mass is 79.9. The highest BCUT2D eigenvalue weighted by molar-refractivity contribution is 9.10. The third-order valence-electron chi connectivity index (χ3n) is 2.74. The standard InChI is InChI=1S/C15H12Br2O/c1-10-7-13(17)5-6-14(10)15(18)9-11-3-2-4-12(16)8-11/h2-8H,9H2,1H3. The van der Waals surface area contributed by atoms with Crippen molar-refractivity contribution in [3.05, 3.63) is 68.1 Å². The molecular weight excluding hydrogens is 356 g/mol. The van der Waals surface area contributed by atoms with Crippen molar-refractivity contribution in [2.45, 2.75) is 13.3 Å². The molecular formula is C15H12Br2O. The zero-order chi connectivity index (χ0) is 13.1. The lowest BCUT2D eigenvalue weighted by Gasteiger charge is -2.06. The van der Waals surface area contributed by atoms with E-state index >= 15 is 0 Å². The van der Waals surface area contributed by atoms with Gasteiger partial charge >= 0.3 is 0 Å². The maximum atomic E-state index is 12.2. The average Bonchev–Trinajstić information content (AvgIpc) is 2.28. The summed E-state index contributed by atoms with van der Waals surface area (Å²) in [5.74, 6) is 0.151. The average molecular weight is 368 g/mol. The normalized spacial score (nSPS) is 10.4. The van der Waals surface area contributed by atoms with Gasteiger partial charge in [-0.3, -0.25) is 4.79 Å². The molecule has 0 heterocycles. The van der Waals surface area contributed by atoms with E-state index < -0.39 is 0 Å². The number of halogens is 2. The second-order valence-electron chi connectivity index (χ2n) is 4.19. The molecule has 0 aromatic heterocycles. The molecule has 0 spiro atoms. The predicted octanol–water partition coefficient (Wildman–Crippen LogP) is 4.95. The van der Waals surface area contributed by atoms with E-state index in [0.717, 1.165) is 25.6 Å². The van der Waals surface area contributed by atoms with Gasteiger partial charge in [0, 0.05) is 20.9 Å². The van der Waals surface area contributed by atoms with E-state index in [9.17, 15) is 4.79 Å². The fourth-order valence-corrected chi connectivity index (χ4v) is 2.79. The molecule has 0 bridgehead atoms. The summed E-state index contributed by atoms with van der Waals surface area (Å²) in [5.41, 5.74) is 2.82. The highest BCUT2D eigenvalue weighted by Gasteiger charge is 2.10. The number of aryl methyl sites for hydroxylation is 1. The number of hydrogen-bond donors (Lipinski definition) is 0. The zero-order valence-electron chi connectivity index (χ0n) is 9.91. The van der Waals surface area contributed by atoms with Crippen molar-refractivity contribution in [3.8, 4) is 0 Å². The molecule has 1 nitrogen and oxygen atoms in total. The molecule has 0 amide bonds. The first-order valence-electron chi connectivity index (χ1n) is 5.60. The number of benzene rings is 2. The van der Waals surface area contributed by atoms with Crippen molar-refractivity contribution >= 4 is 37.6 Å². The van der Waals surface area contributed by atoms with Crippen LogP contribution < -0.4 is 0 Å². The summed E-state index contributed by atoms with van der Waals surface area (Å²) in [5, 5.41) is 0. The van der Waals surface area contributed by atoms with Crippen molar-refractivity contribution in [2.24, 2.45) is 0 Å². The third kappa shape index (κ3) is 3.30. The summed E-state index contributed by atoms with van der Waals surface area (Å²) in [7, 11) is 0. The minimum Gasteiger partial charge on any atom is -0.294 e. The molecule has 0 atom stereocenters. The van der Waals surface area contributed by atoms with Crippen molar-refractivity contribution < 1.29 is 4.79 Å². The van der Waals surface area contributed by atoms with E-state index in [2.05, 4.69) is 31.9 Å². The van der Waals surface area contributed by atoms with Crippen molar-refractivity contribution in [1.29, 1.82) is 0 Å². The van der Waals surface area contributed by atoms with Gasteiger partial charge in [0.15, 0.2) is 5.78 Å². The second kappa shape index (κ2) is 5.81. The largest absolute Gasteiger partial charge is 0.294 e. The Hall–Kier alpha value is -0.930. The van der Waals surface area contributed by atoms with Gasteiger partial charge in [-0.15, -0.1) is 0 Å². The van der Waals surface area contributed by atoms with E-state index in [1.54, 1.807) is 0 Å². The minimum absolute atomic E-state index is 0.151. The number of hydrogen-bond acceptors (Lipinski definition) is 1. The Balaban J connectivity index is 2.22. The van der Waals surface area contributed by atoms with Crippen LogP contribution in [0.5, 0.6) is 0 Å². The minimum atomic E-state index is 0.151. The third-order valence-corrected chi connectivity index (χ3v) is 3.73. The van der Waals surface area contributed by atoms with Crippen LogP contribution in [0.3, 0.4) is 0 Å². The van der Waals surface area contributed by atoms with Crippen molar-refractivity contribution in [2.75, 3.05) is 0 Å². The zero-order valence-corrected chi connectivity index (χ0v) is 13.1. The molecule has 18 heavy (non-hydrogen) atoms. The molecule has 92 valence electrons. The Bertz CT molecular complexity index is 591. The number of rotatable bonds is 3. The summed E-state index contributed by atoms with van der Waals surface area (Å²) in [6.07, 6.45) is 0.432. The SMILES string of the molecule is Cc1cc(Br)ccc1C(=O)Cc1cccc(Br)c1. The number of carbonyl (C=O) groups is 1. The molecule has 0 aliphatic heterocycles. The van der Waals surface area contributed by atoms with Crippen LogP contribution in [0.2, 0.25) is 0 Å². The van der Waals surface area contributed by atoms with Gasteiger partial charge in [-0.2, -0.15) is 0 Å². The quantitative estimate of drug-likeness (QED) is 0.701. The summed E-state index contributed by atoms with van der Waals surface area (Å²) >= 11 is 6.82. The van der Waals surface area contributed by atoms with Gasteiger partial charge in [-0.25, -0.2) is 0 Å². The van der Waals surface area contributed by atoms with Crippen LogP contribution in [0.15, 0.2) is 51.4 Å². The Kier molecular flexibility index (Phi) is 4.36.